The number of benzene rings is 2. The average Bonchev–Trinajstić information content (AvgIpc) is 0.789. The van der Waals surface area contributed by atoms with Crippen LogP contribution in [0.4, 0.5) is 11.4 Å². The van der Waals surface area contributed by atoms with Gasteiger partial charge in [-0.3, -0.25) is 0 Å². The maximum Gasteiger partial charge on any atom is 1.00 e. The number of carbonyl (C=O) groups is 2. The molecule has 97 heavy (non-hydrogen) atoms. The Hall–Kier alpha value is -2.34. The molecule has 0 aliphatic carbocycles. The third-order valence-electron chi connectivity index (χ3n) is 17.7. The summed E-state index contributed by atoms with van der Waals surface area (Å²) >= 11 is 0. The van der Waals surface area contributed by atoms with Gasteiger partial charge in [-0.15, -0.1) is 0 Å². The minimum absolute atomic E-state index is 0. The molecule has 0 radical (unpaired) electrons. The summed E-state index contributed by atoms with van der Waals surface area (Å²) in [6.45, 7) is -6.76. The number of aromatic carboxylic acids is 2. The number of aliphatic hydroxyl groups is 19. The Morgan fingerprint density at radius 3 is 0.649 bits per heavy atom. The molecule has 536 valence electrons. The zero-order valence-corrected chi connectivity index (χ0v) is 55.6. The van der Waals surface area contributed by atoms with E-state index in [0.29, 0.717) is 0 Å². The van der Waals surface area contributed by atoms with E-state index >= 15 is 0 Å². The zero-order valence-electron chi connectivity index (χ0n) is 51.6. The number of para-hydroxylation sites is 2. The van der Waals surface area contributed by atoms with E-state index < -0.39 is 284 Å². The van der Waals surface area contributed by atoms with E-state index in [4.69, 9.17) is 66.3 Å². The molecule has 14 bridgehead atoms. The molecule has 39 nitrogen and oxygen atoms in total. The van der Waals surface area contributed by atoms with Crippen LogP contribution < -0.4 is 80.0 Å². The fraction of sp³-hybridized carbons (Fsp3) is 0.750. The molecule has 35 atom stereocenters. The van der Waals surface area contributed by atoms with Crippen molar-refractivity contribution in [2.24, 2.45) is 0 Å². The van der Waals surface area contributed by atoms with Gasteiger partial charge >= 0.3 is 59.1 Å². The summed E-state index contributed by atoms with van der Waals surface area (Å²) in [5.41, 5.74) is -1.01. The van der Waals surface area contributed by atoms with Crippen LogP contribution in [0, 0.1) is 0 Å². The number of anilines is 2. The van der Waals surface area contributed by atoms with E-state index in [0.717, 1.165) is 12.1 Å². The first-order valence-corrected chi connectivity index (χ1v) is 30.2. The van der Waals surface area contributed by atoms with Crippen LogP contribution in [0.15, 0.2) is 48.5 Å². The van der Waals surface area contributed by atoms with Crippen molar-refractivity contribution in [1.82, 2.24) is 0 Å². The van der Waals surface area contributed by atoms with Crippen molar-refractivity contribution in [2.75, 3.05) is 56.8 Å². The van der Waals surface area contributed by atoms with Gasteiger partial charge < -0.3 is 194 Å². The van der Waals surface area contributed by atoms with Crippen molar-refractivity contribution in [2.45, 2.75) is 215 Å². The Morgan fingerprint density at radius 1 is 0.289 bits per heavy atom. The summed E-state index contributed by atoms with van der Waals surface area (Å²) in [4.78, 5) is 24.3. The number of carboxylic acid groups (broad SMARTS) is 2. The Morgan fingerprint density at radius 2 is 0.464 bits per heavy atom. The molecule has 0 amide bonds. The molecule has 0 unspecified atom stereocenters. The van der Waals surface area contributed by atoms with Gasteiger partial charge in [-0.2, -0.15) is 0 Å². The number of ether oxygens (including phenoxy) is 14. The standard InChI is InChI=1S/C56H80N2O37.2Na/c59-11-22-43-29(66)36(73)52(84-22)89-41-20(9-57-18-7-3-1-5-16(18)48(78)79)83-51(35(72)28(41)65)92-44-23(12-60)86-54(38(75)31(44)68)94-46-25(14-62)88-56(40(77)33(46)70)95-47-26(15-63)87-55(39(76)32(47)69)93-45-24(13-61)85-53(37(74)30(45)67)90-42-21(82-50(91-43)34(71)27(42)64)10-58-19-8-4-2-6-17(19)49(80)81;;/h1-8,20-47,50-77H,9-15H2,(H,78,79)(H,80,81);;/q;2*+1/p-2/t20-,21-,22-,23-,24-,25-,26-,27-,28-,29-,30-,31-,32-,33-,34-,35-,36-,37-,38-,39-,40-,41-,42-,43-,44-,45-,46-,47-,50-,51-,52-,53-,54-,55-,56-;;/m1../s1. The molecule has 2 aromatic carbocycles. The summed E-state index contributed by atoms with van der Waals surface area (Å²) < 4.78 is 82.4. The van der Waals surface area contributed by atoms with Crippen LogP contribution in [0.25, 0.3) is 0 Å². The quantitative estimate of drug-likeness (QED) is 0.0828. The topological polar surface area (TPSA) is 618 Å². The predicted molar refractivity (Wildman–Crippen MR) is 293 cm³/mol. The smallest absolute Gasteiger partial charge is 0.545 e. The fourth-order valence-corrected chi connectivity index (χ4v) is 12.5. The summed E-state index contributed by atoms with van der Waals surface area (Å²) in [7, 11) is 0. The van der Waals surface area contributed by atoms with Crippen LogP contribution in [0.1, 0.15) is 20.7 Å². The third kappa shape index (κ3) is 16.9. The Balaban J connectivity index is 0.00000601. The molecule has 41 heteroatoms. The Labute approximate surface area is 593 Å². The van der Waals surface area contributed by atoms with Crippen molar-refractivity contribution in [1.29, 1.82) is 0 Å². The van der Waals surface area contributed by atoms with E-state index in [9.17, 15) is 117 Å². The molecular formula is C56H78N2Na2O37. The van der Waals surface area contributed by atoms with Gasteiger partial charge in [0.1, 0.15) is 171 Å². The van der Waals surface area contributed by atoms with Crippen molar-refractivity contribution in [3.63, 3.8) is 0 Å². The van der Waals surface area contributed by atoms with Crippen LogP contribution in [0.3, 0.4) is 0 Å². The molecule has 2 aromatic rings. The Kier molecular flexibility index (Phi) is 29.0. The van der Waals surface area contributed by atoms with E-state index in [2.05, 4.69) is 10.6 Å². The third-order valence-corrected chi connectivity index (χ3v) is 17.7. The maximum absolute atomic E-state index is 12.1. The molecular weight excluding hydrogens is 1340 g/mol. The molecule has 0 aromatic heterocycles. The van der Waals surface area contributed by atoms with Gasteiger partial charge in [-0.25, -0.2) is 0 Å². The molecule has 23 rings (SSSR count). The molecule has 21 N–H and O–H groups in total. The first-order chi connectivity index (χ1) is 45.3. The first kappa shape index (κ1) is 80.3. The van der Waals surface area contributed by atoms with Gasteiger partial charge in [0, 0.05) is 35.6 Å². The number of carboxylic acids is 2. The van der Waals surface area contributed by atoms with E-state index in [1.54, 1.807) is 0 Å². The fourth-order valence-electron chi connectivity index (χ4n) is 12.5. The van der Waals surface area contributed by atoms with Gasteiger partial charge in [-0.05, 0) is 12.1 Å². The molecule has 21 heterocycles. The monoisotopic (exact) mass is 1420 g/mol. The molecule has 0 saturated carbocycles. The molecule has 21 aliphatic rings. The van der Waals surface area contributed by atoms with Crippen LogP contribution in [-0.2, 0) is 66.3 Å². The summed E-state index contributed by atoms with van der Waals surface area (Å²) in [5, 5.41) is 246. The van der Waals surface area contributed by atoms with E-state index in [1.165, 1.54) is 36.4 Å². The number of hydrogen-bond donors (Lipinski definition) is 21. The normalized spacial score (nSPS) is 45.9. The van der Waals surface area contributed by atoms with Crippen molar-refractivity contribution < 1.29 is 242 Å². The van der Waals surface area contributed by atoms with Crippen LogP contribution >= 0.6 is 0 Å². The second kappa shape index (κ2) is 35.0. The number of rotatable bonds is 13. The number of aliphatic hydroxyl groups excluding tert-OH is 19. The molecule has 21 aliphatic heterocycles. The molecule has 21 saturated heterocycles. The predicted octanol–water partition coefficient (Wildman–Crippen LogP) is -20.3. The molecule has 0 spiro atoms. The van der Waals surface area contributed by atoms with Crippen LogP contribution in [0.5, 0.6) is 0 Å². The maximum atomic E-state index is 12.1. The number of hydrogen-bond acceptors (Lipinski definition) is 39. The van der Waals surface area contributed by atoms with Gasteiger partial charge in [0.05, 0.1) is 45.0 Å². The Bertz CT molecular complexity index is 2760. The van der Waals surface area contributed by atoms with Crippen molar-refractivity contribution in [3.05, 3.63) is 59.7 Å². The second-order valence-electron chi connectivity index (χ2n) is 23.7. The largest absolute Gasteiger partial charge is 1.00 e. The minimum atomic E-state index is -2.32. The van der Waals surface area contributed by atoms with Crippen LogP contribution in [-0.4, -0.2) is 370 Å². The summed E-state index contributed by atoms with van der Waals surface area (Å²) in [5.74, 6) is -3.31. The number of carbonyl (C=O) groups excluding carboxylic acids is 2. The summed E-state index contributed by atoms with van der Waals surface area (Å²) in [6, 6.07) is 10.5. The minimum Gasteiger partial charge on any atom is -0.545 e. The van der Waals surface area contributed by atoms with E-state index in [-0.39, 0.29) is 70.5 Å². The van der Waals surface area contributed by atoms with Crippen molar-refractivity contribution >= 4 is 23.3 Å². The first-order valence-electron chi connectivity index (χ1n) is 30.2. The SMILES string of the molecule is O=C([O-])c1ccccc1NC[C@H]1O[C@@H]2O[C@H]3[C@H](O)[C@@H](O)[C@@H](O[C@H]4[C@H](O)[C@@H](O)[C@@H](O[C@H]5[C@H](O)[C@@H](O)[C@@H](O[C@H]6[C@H](O)[C@@H](O)[C@@H](O[C@H]7[C@H](O)[C@@H](O)[C@@H](O[C@H]8[C@H](O)[C@@H](O)[C@@H](O[C@H]1[C@H](O)[C@H]2O)O[C@@H]8CO)O[C@@H]7CNc1ccccc1C(=O)[O-])O[C@@H]6CO)O[C@@H]5CO)O[C@@H]4CO)O[C@@H]3CO.[Na+].[Na+]. The van der Waals surface area contributed by atoms with Crippen LogP contribution in [0.2, 0.25) is 0 Å². The zero-order chi connectivity index (χ0) is 68.6. The molecule has 21 fully saturated rings. The van der Waals surface area contributed by atoms with Gasteiger partial charge in [0.25, 0.3) is 0 Å². The average molecular weight is 1420 g/mol. The van der Waals surface area contributed by atoms with Gasteiger partial charge in [-0.1, -0.05) is 36.4 Å². The van der Waals surface area contributed by atoms with Gasteiger partial charge in [0.15, 0.2) is 44.0 Å². The van der Waals surface area contributed by atoms with E-state index in [1.807, 2.05) is 0 Å². The summed E-state index contributed by atoms with van der Waals surface area (Å²) in [6.07, 6.45) is -72.9. The number of nitrogens with one attached hydrogen (secondary N) is 2. The van der Waals surface area contributed by atoms with Crippen molar-refractivity contribution in [3.8, 4) is 0 Å². The van der Waals surface area contributed by atoms with Gasteiger partial charge in [0.2, 0.25) is 0 Å². The second-order valence-corrected chi connectivity index (χ2v) is 23.7.